The van der Waals surface area contributed by atoms with Gasteiger partial charge in [-0.2, -0.15) is 0 Å². The molecule has 0 bridgehead atoms. The number of nitrogens with one attached hydrogen (secondary N) is 2. The van der Waals surface area contributed by atoms with Crippen LogP contribution in [0.25, 0.3) is 0 Å². The summed E-state index contributed by atoms with van der Waals surface area (Å²) in [5.41, 5.74) is 9.53. The molecule has 0 spiro atoms. The van der Waals surface area contributed by atoms with Gasteiger partial charge in [-0.1, -0.05) is 18.2 Å². The lowest BCUT2D eigenvalue weighted by molar-refractivity contribution is -0.138. The van der Waals surface area contributed by atoms with Crippen LogP contribution in [0.2, 0.25) is 0 Å². The van der Waals surface area contributed by atoms with Gasteiger partial charge in [0.2, 0.25) is 5.91 Å². The number of amides is 5. The monoisotopic (exact) mass is 816 g/mol. The summed E-state index contributed by atoms with van der Waals surface area (Å²) < 4.78 is 1.43. The first-order valence-corrected chi connectivity index (χ1v) is 19.1. The van der Waals surface area contributed by atoms with Crippen LogP contribution < -0.4 is 16.4 Å². The quantitative estimate of drug-likeness (QED) is 0.295. The molecule has 3 saturated heterocycles. The number of urea groups is 2. The first-order chi connectivity index (χ1) is 24.0. The number of rotatable bonds is 8. The van der Waals surface area contributed by atoms with Crippen LogP contribution in [-0.4, -0.2) is 137 Å². The standard InChI is InChI=1S/C35H46Br2N8O5/c36-27-19-23(20-28(37)32(27)38)21-30(33(48)43-17-15-42(16-18-43)25-6-10-41(11-7-25)22-31(46)47)40-34(49)44-12-8-26(9-13-44)45-14-5-24-3-1-2-4-29(24)39-35(45)50/h1-4,19-20,25-26,30H,5-18,21-22,38H2,(H,39,50)(H,40,49)(H,46,47)/t30-/m1/s1. The number of halogens is 2. The van der Waals surface area contributed by atoms with E-state index in [1.165, 1.54) is 0 Å². The Bertz CT molecular complexity index is 1550. The molecule has 50 heavy (non-hydrogen) atoms. The Morgan fingerprint density at radius 2 is 1.52 bits per heavy atom. The van der Waals surface area contributed by atoms with E-state index in [-0.39, 0.29) is 30.6 Å². The maximum absolute atomic E-state index is 14.1. The maximum Gasteiger partial charge on any atom is 0.322 e. The minimum atomic E-state index is -0.797. The van der Waals surface area contributed by atoms with Crippen molar-refractivity contribution in [3.63, 3.8) is 0 Å². The Morgan fingerprint density at radius 3 is 2.18 bits per heavy atom. The first kappa shape index (κ1) is 36.4. The van der Waals surface area contributed by atoms with E-state index < -0.39 is 12.0 Å². The fraction of sp³-hybridized carbons (Fsp3) is 0.543. The van der Waals surface area contributed by atoms with Crippen molar-refractivity contribution in [2.75, 3.05) is 76.5 Å². The minimum absolute atomic E-state index is 0.0240. The van der Waals surface area contributed by atoms with Gasteiger partial charge >= 0.3 is 18.0 Å². The van der Waals surface area contributed by atoms with Crippen LogP contribution in [0, 0.1) is 0 Å². The number of hydrogen-bond donors (Lipinski definition) is 4. The van der Waals surface area contributed by atoms with Crippen LogP contribution in [0.5, 0.6) is 0 Å². The predicted octanol–water partition coefficient (Wildman–Crippen LogP) is 3.66. The summed E-state index contributed by atoms with van der Waals surface area (Å²) in [5, 5.41) is 15.3. The lowest BCUT2D eigenvalue weighted by Gasteiger charge is -2.43. The van der Waals surface area contributed by atoms with Crippen molar-refractivity contribution in [3.05, 3.63) is 56.5 Å². The number of aliphatic carboxylic acids is 1. The number of carboxylic acid groups (broad SMARTS) is 1. The van der Waals surface area contributed by atoms with Crippen molar-refractivity contribution in [1.82, 2.24) is 29.8 Å². The molecule has 0 aromatic heterocycles. The predicted molar refractivity (Wildman–Crippen MR) is 198 cm³/mol. The van der Waals surface area contributed by atoms with Gasteiger partial charge in [0.15, 0.2) is 0 Å². The number of hydrogen-bond acceptors (Lipinski definition) is 7. The maximum atomic E-state index is 14.1. The lowest BCUT2D eigenvalue weighted by atomic mass is 10.0. The number of likely N-dealkylation sites (tertiary alicyclic amines) is 2. The van der Waals surface area contributed by atoms with Crippen molar-refractivity contribution in [3.8, 4) is 0 Å². The molecule has 2 aromatic carbocycles. The Hall–Kier alpha value is -3.40. The fourth-order valence-corrected chi connectivity index (χ4v) is 8.99. The van der Waals surface area contributed by atoms with E-state index in [2.05, 4.69) is 47.4 Å². The van der Waals surface area contributed by atoms with Crippen molar-refractivity contribution in [1.29, 1.82) is 0 Å². The summed E-state index contributed by atoms with van der Waals surface area (Å²) in [7, 11) is 0. The zero-order chi connectivity index (χ0) is 35.4. The topological polar surface area (TPSA) is 155 Å². The van der Waals surface area contributed by atoms with E-state index in [1.807, 2.05) is 51.1 Å². The summed E-state index contributed by atoms with van der Waals surface area (Å²) in [6.07, 6.45) is 4.21. The van der Waals surface area contributed by atoms with E-state index in [0.29, 0.717) is 72.7 Å². The molecule has 0 aliphatic carbocycles. The zero-order valence-corrected chi connectivity index (χ0v) is 31.3. The van der Waals surface area contributed by atoms with E-state index >= 15 is 0 Å². The van der Waals surface area contributed by atoms with Crippen molar-refractivity contribution >= 4 is 67.2 Å². The highest BCUT2D eigenvalue weighted by molar-refractivity contribution is 9.11. The number of nitrogen functional groups attached to an aromatic ring is 1. The highest BCUT2D eigenvalue weighted by Gasteiger charge is 2.35. The molecular formula is C35H46Br2N8O5. The molecule has 4 heterocycles. The second-order valence-corrected chi connectivity index (χ2v) is 15.4. The van der Waals surface area contributed by atoms with Crippen LogP contribution in [-0.2, 0) is 22.4 Å². The highest BCUT2D eigenvalue weighted by atomic mass is 79.9. The van der Waals surface area contributed by atoms with E-state index in [0.717, 1.165) is 62.3 Å². The Balaban J connectivity index is 1.06. The van der Waals surface area contributed by atoms with Gasteiger partial charge in [-0.15, -0.1) is 0 Å². The summed E-state index contributed by atoms with van der Waals surface area (Å²) in [4.78, 5) is 62.0. The molecule has 1 atom stereocenters. The van der Waals surface area contributed by atoms with Gasteiger partial charge in [0.05, 0.1) is 12.2 Å². The molecule has 270 valence electrons. The number of nitrogens with two attached hydrogens (primary N) is 1. The van der Waals surface area contributed by atoms with Gasteiger partial charge in [0.1, 0.15) is 6.04 Å². The molecule has 13 nitrogen and oxygen atoms in total. The normalized spacial score (nSPS) is 20.5. The third-order valence-electron chi connectivity index (χ3n) is 10.6. The molecule has 3 fully saturated rings. The number of anilines is 2. The molecule has 2 aromatic rings. The van der Waals surface area contributed by atoms with E-state index in [1.54, 1.807) is 4.90 Å². The number of nitrogens with zero attached hydrogens (tertiary/aromatic N) is 5. The smallest absolute Gasteiger partial charge is 0.322 e. The van der Waals surface area contributed by atoms with Gasteiger partial charge in [-0.05, 0) is 93.3 Å². The molecule has 5 N–H and O–H groups in total. The highest BCUT2D eigenvalue weighted by Crippen LogP contribution is 2.31. The average molecular weight is 819 g/mol. The van der Waals surface area contributed by atoms with E-state index in [9.17, 15) is 19.2 Å². The van der Waals surface area contributed by atoms with Gasteiger partial charge in [0.25, 0.3) is 0 Å². The third kappa shape index (κ3) is 8.72. The summed E-state index contributed by atoms with van der Waals surface area (Å²) in [5.74, 6) is -0.914. The SMILES string of the molecule is Nc1c(Br)cc(C[C@@H](NC(=O)N2CCC(N3CCc4ccccc4NC3=O)CC2)C(=O)N2CCN(C3CCN(CC(=O)O)CC3)CC2)cc1Br. The molecule has 0 unspecified atom stereocenters. The number of piperidine rings is 2. The molecule has 0 saturated carbocycles. The lowest BCUT2D eigenvalue weighted by Crippen LogP contribution is -2.59. The molecule has 4 aliphatic rings. The Kier molecular flexibility index (Phi) is 11.9. The summed E-state index contributed by atoms with van der Waals surface area (Å²) >= 11 is 7.03. The van der Waals surface area contributed by atoms with Crippen molar-refractivity contribution < 1.29 is 24.3 Å². The van der Waals surface area contributed by atoms with Crippen LogP contribution in [0.3, 0.4) is 0 Å². The molecule has 15 heteroatoms. The molecular weight excluding hydrogens is 772 g/mol. The van der Waals surface area contributed by atoms with Gasteiger partial charge in [-0.25, -0.2) is 9.59 Å². The molecule has 0 radical (unpaired) electrons. The largest absolute Gasteiger partial charge is 0.480 e. The van der Waals surface area contributed by atoms with Gasteiger partial charge in [0, 0.05) is 92.0 Å². The second-order valence-electron chi connectivity index (χ2n) is 13.7. The first-order valence-electron chi connectivity index (χ1n) is 17.5. The number of fused-ring (bicyclic) bond motifs is 1. The van der Waals surface area contributed by atoms with Gasteiger partial charge in [-0.3, -0.25) is 19.4 Å². The number of para-hydroxylation sites is 1. The van der Waals surface area contributed by atoms with E-state index in [4.69, 9.17) is 10.8 Å². The Morgan fingerprint density at radius 1 is 0.880 bits per heavy atom. The van der Waals surface area contributed by atoms with Gasteiger partial charge < -0.3 is 36.2 Å². The summed E-state index contributed by atoms with van der Waals surface area (Å²) in [6.45, 7) is 5.77. The number of carbonyl (C=O) groups is 4. The minimum Gasteiger partial charge on any atom is -0.480 e. The van der Waals surface area contributed by atoms with Crippen LogP contribution in [0.15, 0.2) is 45.3 Å². The van der Waals surface area contributed by atoms with Crippen LogP contribution in [0.4, 0.5) is 21.0 Å². The van der Waals surface area contributed by atoms with Crippen molar-refractivity contribution in [2.24, 2.45) is 0 Å². The van der Waals surface area contributed by atoms with Crippen LogP contribution in [0.1, 0.15) is 36.8 Å². The van der Waals surface area contributed by atoms with Crippen molar-refractivity contribution in [2.45, 2.75) is 56.7 Å². The number of benzene rings is 2. The molecule has 5 amide bonds. The number of carboxylic acids is 1. The summed E-state index contributed by atoms with van der Waals surface area (Å²) in [6, 6.07) is 10.9. The second kappa shape index (κ2) is 16.3. The number of carbonyl (C=O) groups excluding carboxylic acids is 3. The zero-order valence-electron chi connectivity index (χ0n) is 28.2. The average Bonchev–Trinajstić information content (AvgIpc) is 3.28. The fourth-order valence-electron chi connectivity index (χ4n) is 7.71. The molecule has 6 rings (SSSR count). The number of piperazine rings is 1. The molecule has 4 aliphatic heterocycles. The third-order valence-corrected chi connectivity index (χ3v) is 11.9. The van der Waals surface area contributed by atoms with Crippen LogP contribution >= 0.6 is 31.9 Å². The Labute approximate surface area is 309 Å².